The lowest BCUT2D eigenvalue weighted by atomic mass is 10.1. The summed E-state index contributed by atoms with van der Waals surface area (Å²) < 4.78 is 16.2. The van der Waals surface area contributed by atoms with E-state index < -0.39 is 24.5 Å². The molecule has 1 aliphatic heterocycles. The Morgan fingerprint density at radius 3 is 2.58 bits per heavy atom. The molecule has 1 unspecified atom stereocenters. The summed E-state index contributed by atoms with van der Waals surface area (Å²) in [4.78, 5) is 38.7. The minimum atomic E-state index is -1.09. The summed E-state index contributed by atoms with van der Waals surface area (Å²) in [7, 11) is 4.33. The normalized spacial score (nSPS) is 14.3. The summed E-state index contributed by atoms with van der Waals surface area (Å²) in [6.45, 7) is -0.676. The number of aromatic amines is 1. The third kappa shape index (κ3) is 5.49. The van der Waals surface area contributed by atoms with Gasteiger partial charge in [-0.3, -0.25) is 14.5 Å². The quantitative estimate of drug-likeness (QED) is 0.172. The number of nitrogens with zero attached hydrogens (tertiary/aromatic N) is 3. The Balaban J connectivity index is 1.72. The van der Waals surface area contributed by atoms with E-state index in [-0.39, 0.29) is 57.5 Å². The number of carbonyl (C=O) groups is 2. The van der Waals surface area contributed by atoms with Gasteiger partial charge in [0.25, 0.3) is 11.8 Å². The van der Waals surface area contributed by atoms with E-state index in [2.05, 4.69) is 20.3 Å². The average Bonchev–Trinajstić information content (AvgIpc) is 3.51. The first-order valence-corrected chi connectivity index (χ1v) is 12.5. The first kappa shape index (κ1) is 29.0. The van der Waals surface area contributed by atoms with E-state index >= 15 is 0 Å². The van der Waals surface area contributed by atoms with Crippen LogP contribution in [0.25, 0.3) is 11.6 Å². The number of halogens is 2. The van der Waals surface area contributed by atoms with Crippen LogP contribution >= 0.6 is 23.2 Å². The number of nitrogens with one attached hydrogen (secondary N) is 2. The Kier molecular flexibility index (Phi) is 8.69. The summed E-state index contributed by atoms with van der Waals surface area (Å²) >= 11 is 13.0. The second kappa shape index (κ2) is 12.0. The highest BCUT2D eigenvalue weighted by atomic mass is 35.5. The van der Waals surface area contributed by atoms with Crippen molar-refractivity contribution < 1.29 is 34.0 Å². The SMILES string of the molecule is COc1cc(CN2C(=O)/C(=C/c3cc(C(=O)NCC(O)CO)c[nH]3)c3c(Cl)nc(N)nc32)c(Cl)c(OC)c1OC. The van der Waals surface area contributed by atoms with Crippen LogP contribution in [-0.2, 0) is 11.3 Å². The van der Waals surface area contributed by atoms with Gasteiger partial charge in [-0.1, -0.05) is 23.2 Å². The van der Waals surface area contributed by atoms with E-state index in [1.165, 1.54) is 44.6 Å². The van der Waals surface area contributed by atoms with Crippen molar-refractivity contribution in [1.29, 1.82) is 0 Å². The van der Waals surface area contributed by atoms with Crippen LogP contribution in [0.1, 0.15) is 27.2 Å². The molecule has 13 nitrogen and oxygen atoms in total. The Hall–Kier alpha value is -4.04. The van der Waals surface area contributed by atoms with Gasteiger partial charge in [0.2, 0.25) is 11.7 Å². The molecule has 3 heterocycles. The van der Waals surface area contributed by atoms with E-state index in [9.17, 15) is 14.7 Å². The second-order valence-electron chi connectivity index (χ2n) is 8.53. The maximum atomic E-state index is 13.7. The molecule has 4 rings (SSSR count). The zero-order chi connectivity index (χ0) is 29.1. The Bertz CT molecular complexity index is 1490. The molecule has 0 fully saturated rings. The monoisotopic (exact) mass is 592 g/mol. The molecule has 0 saturated carbocycles. The van der Waals surface area contributed by atoms with E-state index in [1.807, 2.05) is 0 Å². The number of benzene rings is 1. The van der Waals surface area contributed by atoms with Crippen molar-refractivity contribution in [3.63, 3.8) is 0 Å². The van der Waals surface area contributed by atoms with Crippen LogP contribution in [-0.4, -0.2) is 77.6 Å². The smallest absolute Gasteiger partial charge is 0.260 e. The standard InChI is InChI=1S/C25H26Cl2N6O7/c1-38-16-5-12(18(26)20(40-3)19(16)39-2)9-33-22-17(21(27)31-25(28)32-22)15(24(33)37)6-13-4-11(7-29-13)23(36)30-8-14(35)10-34/h4-7,14,29,34-35H,8-10H2,1-3H3,(H,30,36)(H2,28,31,32)/b15-6+. The number of ether oxygens (including phenoxy) is 3. The Morgan fingerprint density at radius 2 is 1.93 bits per heavy atom. The molecule has 1 aliphatic rings. The van der Waals surface area contributed by atoms with Gasteiger partial charge in [-0.15, -0.1) is 0 Å². The van der Waals surface area contributed by atoms with Crippen LogP contribution in [0.5, 0.6) is 17.2 Å². The highest BCUT2D eigenvalue weighted by Gasteiger charge is 2.38. The van der Waals surface area contributed by atoms with Crippen molar-refractivity contribution in [2.24, 2.45) is 0 Å². The van der Waals surface area contributed by atoms with Gasteiger partial charge in [-0.2, -0.15) is 4.98 Å². The minimum Gasteiger partial charge on any atom is -0.493 e. The number of aliphatic hydroxyl groups excluding tert-OH is 2. The molecule has 0 spiro atoms. The first-order valence-electron chi connectivity index (χ1n) is 11.7. The van der Waals surface area contributed by atoms with Gasteiger partial charge in [0.1, 0.15) is 5.15 Å². The van der Waals surface area contributed by atoms with Crippen LogP contribution in [0, 0.1) is 0 Å². The third-order valence-corrected chi connectivity index (χ3v) is 6.70. The summed E-state index contributed by atoms with van der Waals surface area (Å²) in [6.07, 6.45) is 1.85. The summed E-state index contributed by atoms with van der Waals surface area (Å²) in [5.74, 6) is -0.0774. The molecule has 6 N–H and O–H groups in total. The number of fused-ring (bicyclic) bond motifs is 1. The Morgan fingerprint density at radius 1 is 1.20 bits per heavy atom. The average molecular weight is 593 g/mol. The predicted octanol–water partition coefficient (Wildman–Crippen LogP) is 1.89. The molecule has 3 aromatic rings. The topological polar surface area (TPSA) is 185 Å². The number of aromatic nitrogens is 3. The van der Waals surface area contributed by atoms with Crippen LogP contribution in [0.2, 0.25) is 10.2 Å². The molecular formula is C25H26Cl2N6O7. The number of methoxy groups -OCH3 is 3. The fraction of sp³-hybridized carbons (Fsp3) is 0.280. The van der Waals surface area contributed by atoms with Crippen molar-refractivity contribution in [1.82, 2.24) is 20.3 Å². The zero-order valence-electron chi connectivity index (χ0n) is 21.6. The third-order valence-electron chi connectivity index (χ3n) is 6.01. The molecule has 1 aromatic carbocycles. The Labute approximate surface area is 238 Å². The lowest BCUT2D eigenvalue weighted by Crippen LogP contribution is -2.33. The predicted molar refractivity (Wildman–Crippen MR) is 148 cm³/mol. The number of nitrogen functional groups attached to an aromatic ring is 1. The fourth-order valence-electron chi connectivity index (χ4n) is 4.11. The number of anilines is 2. The molecule has 0 radical (unpaired) electrons. The van der Waals surface area contributed by atoms with Crippen molar-refractivity contribution in [2.75, 3.05) is 45.1 Å². The van der Waals surface area contributed by atoms with Gasteiger partial charge in [0.05, 0.1) is 62.3 Å². The number of aliphatic hydroxyl groups is 2. The second-order valence-corrected chi connectivity index (χ2v) is 9.27. The lowest BCUT2D eigenvalue weighted by Gasteiger charge is -2.20. The number of carbonyl (C=O) groups excluding carboxylic acids is 2. The maximum Gasteiger partial charge on any atom is 0.260 e. The highest BCUT2D eigenvalue weighted by Crippen LogP contribution is 2.47. The highest BCUT2D eigenvalue weighted by molar-refractivity contribution is 6.41. The van der Waals surface area contributed by atoms with Gasteiger partial charge < -0.3 is 40.5 Å². The van der Waals surface area contributed by atoms with Gasteiger partial charge in [0.15, 0.2) is 17.3 Å². The van der Waals surface area contributed by atoms with Gasteiger partial charge >= 0.3 is 0 Å². The van der Waals surface area contributed by atoms with E-state index in [4.69, 9.17) is 48.3 Å². The number of amides is 2. The molecule has 2 aromatic heterocycles. The molecule has 0 saturated heterocycles. The summed E-state index contributed by atoms with van der Waals surface area (Å²) in [5, 5.41) is 21.1. The van der Waals surface area contributed by atoms with Crippen LogP contribution in [0.4, 0.5) is 11.8 Å². The van der Waals surface area contributed by atoms with Crippen LogP contribution in [0.3, 0.4) is 0 Å². The molecule has 40 heavy (non-hydrogen) atoms. The van der Waals surface area contributed by atoms with Gasteiger partial charge in [-0.25, -0.2) is 4.98 Å². The van der Waals surface area contributed by atoms with Gasteiger partial charge in [-0.05, 0) is 23.8 Å². The van der Waals surface area contributed by atoms with E-state index in [0.29, 0.717) is 22.8 Å². The number of H-pyrrole nitrogens is 1. The molecule has 0 bridgehead atoms. The number of nitrogens with two attached hydrogens (primary N) is 1. The van der Waals surface area contributed by atoms with Gasteiger partial charge in [0, 0.05) is 18.4 Å². The summed E-state index contributed by atoms with van der Waals surface area (Å²) in [6, 6.07) is 3.12. The molecule has 212 valence electrons. The first-order chi connectivity index (χ1) is 19.1. The lowest BCUT2D eigenvalue weighted by molar-refractivity contribution is -0.113. The van der Waals surface area contributed by atoms with E-state index in [0.717, 1.165) is 0 Å². The largest absolute Gasteiger partial charge is 0.493 e. The molecule has 1 atom stereocenters. The summed E-state index contributed by atoms with van der Waals surface area (Å²) in [5.41, 5.74) is 7.36. The molecular weight excluding hydrogens is 567 g/mol. The van der Waals surface area contributed by atoms with Crippen molar-refractivity contribution in [3.8, 4) is 17.2 Å². The van der Waals surface area contributed by atoms with Crippen LogP contribution in [0.15, 0.2) is 18.3 Å². The molecule has 15 heteroatoms. The van der Waals surface area contributed by atoms with Crippen molar-refractivity contribution >= 4 is 58.4 Å². The number of hydrogen-bond acceptors (Lipinski definition) is 10. The van der Waals surface area contributed by atoms with Crippen molar-refractivity contribution in [2.45, 2.75) is 12.6 Å². The zero-order valence-corrected chi connectivity index (χ0v) is 23.1. The van der Waals surface area contributed by atoms with Crippen molar-refractivity contribution in [3.05, 3.63) is 50.9 Å². The number of rotatable bonds is 10. The molecule has 2 amide bonds. The molecule has 0 aliphatic carbocycles. The number of hydrogen-bond donors (Lipinski definition) is 5. The maximum absolute atomic E-state index is 13.7. The fourth-order valence-corrected chi connectivity index (χ4v) is 4.66. The van der Waals surface area contributed by atoms with Crippen LogP contribution < -0.4 is 30.2 Å². The minimum absolute atomic E-state index is 0.0388. The van der Waals surface area contributed by atoms with E-state index in [1.54, 1.807) is 6.07 Å².